The summed E-state index contributed by atoms with van der Waals surface area (Å²) in [6.07, 6.45) is -10.8. The lowest BCUT2D eigenvalue weighted by atomic mass is 9.40. The summed E-state index contributed by atoms with van der Waals surface area (Å²) in [5.41, 5.74) is -6.64. The van der Waals surface area contributed by atoms with Crippen molar-refractivity contribution in [2.45, 2.75) is 153 Å². The summed E-state index contributed by atoms with van der Waals surface area (Å²) in [6, 6.07) is 6.87. The van der Waals surface area contributed by atoms with Crippen molar-refractivity contribution in [3.05, 3.63) is 47.0 Å². The minimum absolute atomic E-state index is 0.0200. The summed E-state index contributed by atoms with van der Waals surface area (Å²) in [6.45, 7) is 15.4. The molecule has 2 bridgehead atoms. The van der Waals surface area contributed by atoms with E-state index in [9.17, 15) is 34.2 Å². The number of esters is 2. The maximum Gasteiger partial charge on any atom is 0.509 e. The molecule has 1 amide bonds. The molecule has 2 saturated heterocycles. The van der Waals surface area contributed by atoms with Crippen molar-refractivity contribution in [3.63, 3.8) is 0 Å². The third kappa shape index (κ3) is 6.88. The van der Waals surface area contributed by atoms with Gasteiger partial charge in [0.05, 0.1) is 42.0 Å². The first-order valence-corrected chi connectivity index (χ1v) is 20.8. The lowest BCUT2D eigenvalue weighted by molar-refractivity contribution is -0.244. The summed E-state index contributed by atoms with van der Waals surface area (Å²) in [4.78, 5) is 84.8. The standard InChI is InChI=1S/C44H60BNO15/c1-22(2)18-26(46-37(52)61-39(5,6)7)31(48)35(51)58-27-20-43(54)36(60-34(50)25-16-14-13-15-17-25)44-41(10,28(55-11)19-29-42(44,21-57-29)45(44)24(4)47)33(49)32(59-38(53)56-12)30(23(27)3)40(43,8)9/h13-17,22,26-29,31-32,36,48,54H,18-21H2,1-12H3,(H,46,52)/t26-,27-,28-,29+,31+,32+,36+,41-,42-,43+,44+/m0/s1. The number of carbonyl (C=O) groups excluding carboxylic acids is 6. The third-order valence-corrected chi connectivity index (χ3v) is 14.3. The molecule has 6 rings (SSSR count). The highest BCUT2D eigenvalue weighted by Crippen LogP contribution is 2.93. The van der Waals surface area contributed by atoms with E-state index in [1.54, 1.807) is 66.7 Å². The van der Waals surface area contributed by atoms with Gasteiger partial charge in [-0.25, -0.2) is 19.2 Å². The summed E-state index contributed by atoms with van der Waals surface area (Å²) < 4.78 is 41.2. The highest BCUT2D eigenvalue weighted by molar-refractivity contribution is 7.04. The molecule has 61 heavy (non-hydrogen) atoms. The lowest BCUT2D eigenvalue weighted by Crippen LogP contribution is -2.73. The van der Waals surface area contributed by atoms with Crippen LogP contribution in [-0.4, -0.2) is 127 Å². The zero-order valence-corrected chi connectivity index (χ0v) is 37.1. The maximum atomic E-state index is 15.9. The molecular formula is C44H60BNO15. The van der Waals surface area contributed by atoms with Crippen molar-refractivity contribution in [1.82, 2.24) is 5.32 Å². The van der Waals surface area contributed by atoms with Gasteiger partial charge in [0, 0.05) is 42.6 Å². The molecule has 1 aromatic rings. The first-order valence-electron chi connectivity index (χ1n) is 20.8. The summed E-state index contributed by atoms with van der Waals surface area (Å²) in [5, 5.41) is 25.2. The van der Waals surface area contributed by atoms with Crippen LogP contribution in [0.2, 0.25) is 10.6 Å². The van der Waals surface area contributed by atoms with E-state index < -0.39 is 118 Å². The average Bonchev–Trinajstić information content (AvgIpc) is 3.85. The fourth-order valence-corrected chi connectivity index (χ4v) is 11.7. The number of aliphatic hydroxyl groups is 2. The number of ether oxygens (including phenoxy) is 7. The van der Waals surface area contributed by atoms with Gasteiger partial charge >= 0.3 is 24.2 Å². The predicted molar refractivity (Wildman–Crippen MR) is 218 cm³/mol. The number of benzene rings is 1. The number of Topliss-reactive ketones (excluding diaryl/α,β-unsaturated/α-hetero) is 1. The van der Waals surface area contributed by atoms with E-state index in [0.717, 1.165) is 7.11 Å². The van der Waals surface area contributed by atoms with E-state index in [1.165, 1.54) is 26.2 Å². The number of hydrogen-bond acceptors (Lipinski definition) is 15. The zero-order chi connectivity index (χ0) is 45.4. The second kappa shape index (κ2) is 15.8. The van der Waals surface area contributed by atoms with Gasteiger partial charge < -0.3 is 53.5 Å². The van der Waals surface area contributed by atoms with Crippen LogP contribution in [0.15, 0.2) is 41.5 Å². The van der Waals surface area contributed by atoms with Crippen LogP contribution in [0.25, 0.3) is 0 Å². The number of nitrogens with one attached hydrogen (secondary N) is 1. The highest BCUT2D eigenvalue weighted by atomic mass is 16.7. The van der Waals surface area contributed by atoms with Crippen molar-refractivity contribution in [1.29, 1.82) is 0 Å². The highest BCUT2D eigenvalue weighted by Gasteiger charge is 2.99. The first kappa shape index (κ1) is 46.2. The van der Waals surface area contributed by atoms with E-state index in [0.29, 0.717) is 0 Å². The molecule has 16 nitrogen and oxygen atoms in total. The van der Waals surface area contributed by atoms with E-state index in [4.69, 9.17) is 33.2 Å². The van der Waals surface area contributed by atoms with Crippen LogP contribution >= 0.6 is 0 Å². The summed E-state index contributed by atoms with van der Waals surface area (Å²) in [7, 11) is 2.48. The number of alkyl carbamates (subject to hydrolysis) is 1. The second-order valence-corrected chi connectivity index (χ2v) is 19.5. The number of carbonyl (C=O) groups is 6. The number of hydrogen-bond donors (Lipinski definition) is 3. The fourth-order valence-electron chi connectivity index (χ4n) is 11.7. The van der Waals surface area contributed by atoms with Gasteiger partial charge in [-0.15, -0.1) is 0 Å². The van der Waals surface area contributed by atoms with Gasteiger partial charge in [0.15, 0.2) is 18.0 Å². The Bertz CT molecular complexity index is 2000. The van der Waals surface area contributed by atoms with Gasteiger partial charge in [-0.2, -0.15) is 0 Å². The minimum Gasteiger partial charge on any atom is -0.456 e. The maximum absolute atomic E-state index is 15.9. The Hall–Kier alpha value is -4.32. The molecule has 2 spiro atoms. The first-order chi connectivity index (χ1) is 28.3. The molecule has 334 valence electrons. The van der Waals surface area contributed by atoms with Gasteiger partial charge in [-0.1, -0.05) is 45.9 Å². The smallest absolute Gasteiger partial charge is 0.456 e. The molecule has 0 radical (unpaired) electrons. The number of amides is 1. The van der Waals surface area contributed by atoms with Crippen LogP contribution in [0.5, 0.6) is 0 Å². The molecule has 2 saturated carbocycles. The quantitative estimate of drug-likeness (QED) is 0.120. The molecule has 2 aliphatic heterocycles. The van der Waals surface area contributed by atoms with Crippen LogP contribution in [0.1, 0.15) is 98.9 Å². The molecule has 3 N–H and O–H groups in total. The fraction of sp³-hybridized carbons (Fsp3) is 0.682. The van der Waals surface area contributed by atoms with Gasteiger partial charge in [0.2, 0.25) is 6.71 Å². The van der Waals surface area contributed by atoms with Gasteiger partial charge in [0.1, 0.15) is 23.4 Å². The van der Waals surface area contributed by atoms with Crippen molar-refractivity contribution in [2.24, 2.45) is 16.7 Å². The zero-order valence-electron chi connectivity index (χ0n) is 37.1. The Morgan fingerprint density at radius 2 is 1.66 bits per heavy atom. The van der Waals surface area contributed by atoms with Crippen molar-refractivity contribution < 1.29 is 72.1 Å². The molecule has 2 heterocycles. The largest absolute Gasteiger partial charge is 0.509 e. The summed E-state index contributed by atoms with van der Waals surface area (Å²) >= 11 is 0. The topological polar surface area (TPSA) is 220 Å². The molecule has 17 heteroatoms. The van der Waals surface area contributed by atoms with Gasteiger partial charge in [-0.3, -0.25) is 4.79 Å². The van der Waals surface area contributed by atoms with E-state index in [2.05, 4.69) is 5.32 Å². The number of rotatable bonds is 11. The Kier molecular flexibility index (Phi) is 12.0. The molecule has 11 atom stereocenters. The van der Waals surface area contributed by atoms with Crippen LogP contribution in [0.4, 0.5) is 9.59 Å². The summed E-state index contributed by atoms with van der Waals surface area (Å²) in [5.74, 6) is -2.87. The van der Waals surface area contributed by atoms with Gasteiger partial charge in [0.25, 0.3) is 0 Å². The van der Waals surface area contributed by atoms with Crippen molar-refractivity contribution >= 4 is 42.4 Å². The number of methoxy groups -OCH3 is 2. The average molecular weight is 854 g/mol. The SMILES string of the molecule is COC(=O)O[C@H]1C(=O)[C@]2(C)[C@@H](OC)C[C@H]3OC[C@]34B(C(C)=O)[C@@]42[C@H](OC(=O)c2ccccc2)[C@]2(O)C[C@H](OC(=O)[C@H](O)[C@H](CC(C)C)NC(=O)OC(C)(C)C)C(C)=C1C2(C)C. The minimum atomic E-state index is -2.32. The van der Waals surface area contributed by atoms with Gasteiger partial charge in [-0.05, 0) is 77.2 Å². The van der Waals surface area contributed by atoms with Crippen molar-refractivity contribution in [3.8, 4) is 0 Å². The van der Waals surface area contributed by atoms with E-state index >= 15 is 4.79 Å². The lowest BCUT2D eigenvalue weighted by Gasteiger charge is -2.65. The number of aliphatic hydroxyl groups excluding tert-OH is 1. The van der Waals surface area contributed by atoms with Crippen LogP contribution < -0.4 is 5.32 Å². The molecule has 0 unspecified atom stereocenters. The molecule has 4 fully saturated rings. The Morgan fingerprint density at radius 1 is 1.02 bits per heavy atom. The normalized spacial score (nSPS) is 34.4. The monoisotopic (exact) mass is 853 g/mol. The Labute approximate surface area is 356 Å². The second-order valence-electron chi connectivity index (χ2n) is 19.5. The molecular weight excluding hydrogens is 793 g/mol. The van der Waals surface area contributed by atoms with Crippen LogP contribution in [0, 0.1) is 16.7 Å². The Morgan fingerprint density at radius 3 is 2.18 bits per heavy atom. The predicted octanol–water partition coefficient (Wildman–Crippen LogP) is 4.58. The van der Waals surface area contributed by atoms with Crippen molar-refractivity contribution in [2.75, 3.05) is 20.8 Å². The molecule has 0 aromatic heterocycles. The molecule has 1 aromatic carbocycles. The van der Waals surface area contributed by atoms with E-state index in [1.807, 2.05) is 13.8 Å². The number of ketones is 1. The van der Waals surface area contributed by atoms with Crippen LogP contribution in [-0.2, 0) is 47.5 Å². The Balaban J connectivity index is 1.57. The van der Waals surface area contributed by atoms with E-state index in [-0.39, 0.29) is 47.8 Å². The molecule has 3 aliphatic carbocycles. The molecule has 5 aliphatic rings. The third-order valence-electron chi connectivity index (χ3n) is 14.3. The number of fused-ring (bicyclic) bond motifs is 2. The van der Waals surface area contributed by atoms with Crippen LogP contribution in [0.3, 0.4) is 0 Å².